The summed E-state index contributed by atoms with van der Waals surface area (Å²) in [6.45, 7) is -0.451. The van der Waals surface area contributed by atoms with E-state index < -0.39 is 138 Å². The highest BCUT2D eigenvalue weighted by Gasteiger charge is 2.48. The van der Waals surface area contributed by atoms with E-state index in [4.69, 9.17) is 0 Å². The van der Waals surface area contributed by atoms with Crippen molar-refractivity contribution in [2.45, 2.75) is 102 Å². The van der Waals surface area contributed by atoms with Gasteiger partial charge in [0.05, 0.1) is 7.11 Å². The molecule has 3 aliphatic heterocycles. The quantitative estimate of drug-likeness (QED) is 0.111. The third-order valence-electron chi connectivity index (χ3n) is 5.12. The molecule has 0 aromatic rings. The second-order valence-electron chi connectivity index (χ2n) is 10.7. The first-order valence-electron chi connectivity index (χ1n) is 15.9. The van der Waals surface area contributed by atoms with Crippen LogP contribution in [0.1, 0.15) is 27.2 Å². The highest BCUT2D eigenvalue weighted by atomic mass is 19.4. The smallest absolute Gasteiger partial charge is 0.469 e. The number of ketones is 1. The molecular formula is C29H35F19O16. The molecule has 5 atom stereocenters. The summed E-state index contributed by atoms with van der Waals surface area (Å²) in [4.78, 5) is 59.2. The van der Waals surface area contributed by atoms with Gasteiger partial charge in [-0.1, -0.05) is 0 Å². The molecule has 380 valence electrons. The molecule has 64 heavy (non-hydrogen) atoms. The molecule has 35 heteroatoms. The third kappa shape index (κ3) is 37.6. The van der Waals surface area contributed by atoms with Crippen molar-refractivity contribution in [2.24, 2.45) is 0 Å². The fourth-order valence-corrected chi connectivity index (χ4v) is 2.22. The zero-order chi connectivity index (χ0) is 51.4. The van der Waals surface area contributed by atoms with Gasteiger partial charge in [0, 0.05) is 14.0 Å². The molecule has 3 fully saturated rings. The molecule has 0 aromatic carbocycles. The van der Waals surface area contributed by atoms with Crippen molar-refractivity contribution < 1.29 is 160 Å². The van der Waals surface area contributed by atoms with Crippen LogP contribution in [-0.4, -0.2) is 158 Å². The van der Waals surface area contributed by atoms with Crippen LogP contribution in [0.25, 0.3) is 0 Å². The number of Topliss-reactive ketones (excluding diaryl/α,β-unsaturated/α-hetero) is 1. The maximum Gasteiger partial charge on any atom is 0.513 e. The maximum absolute atomic E-state index is 12.3. The highest BCUT2D eigenvalue weighted by Crippen LogP contribution is 2.29. The van der Waals surface area contributed by atoms with E-state index >= 15 is 0 Å². The number of alkyl halides is 19. The molecule has 0 N–H and O–H groups in total. The van der Waals surface area contributed by atoms with Gasteiger partial charge in [-0.3, -0.25) is 14.4 Å². The molecule has 5 unspecified atom stereocenters. The van der Waals surface area contributed by atoms with Gasteiger partial charge in [-0.25, -0.2) is 53.9 Å². The number of methoxy groups -OCH3 is 2. The van der Waals surface area contributed by atoms with E-state index in [0.29, 0.717) is 13.5 Å². The maximum atomic E-state index is 12.3. The summed E-state index contributed by atoms with van der Waals surface area (Å²) >= 11 is 0. The molecular weight excluding hydrogens is 965 g/mol. The van der Waals surface area contributed by atoms with E-state index in [2.05, 4.69) is 47.4 Å². The number of halogens is 19. The van der Waals surface area contributed by atoms with Gasteiger partial charge in [0.2, 0.25) is 11.9 Å². The van der Waals surface area contributed by atoms with E-state index in [-0.39, 0.29) is 6.10 Å². The standard InChI is InChI=1S/C6H7F7O.C4H3F3O3.C4H5F3O2.2C4H6F2O2.C4H6O3.C3H2F2O3/c1-3(7)5(10,11)2-14-6(12,13)4(8)9;5-4(6,7)2-1-9-3(8)10-2;1-9-3(8)2-4(5,6)7;1-8-2-3(7)4(5)6;1-3(7)8-2-4(5)6;1-3-2-6-4(5)7-3;4-1-2(5)8-3(6)7-1/h3-4H,2H2,1H3;2H,1H2;2H2,1H3;2*4H,2H2,1H3;3H,2H2,1H3;1-2H. The Labute approximate surface area is 345 Å². The molecule has 0 bridgehead atoms. The van der Waals surface area contributed by atoms with Gasteiger partial charge in [-0.15, -0.1) is 0 Å². The van der Waals surface area contributed by atoms with E-state index in [0.717, 1.165) is 14.0 Å². The van der Waals surface area contributed by atoms with Crippen LogP contribution in [0.3, 0.4) is 0 Å². The first-order valence-corrected chi connectivity index (χ1v) is 15.9. The summed E-state index contributed by atoms with van der Waals surface area (Å²) in [7, 11) is 2.11. The topological polar surface area (TPSA) is 195 Å². The Balaban J connectivity index is -0.000000332. The van der Waals surface area contributed by atoms with E-state index in [1.165, 1.54) is 7.11 Å². The Morgan fingerprint density at radius 2 is 1.20 bits per heavy atom. The largest absolute Gasteiger partial charge is 0.513 e. The van der Waals surface area contributed by atoms with Gasteiger partial charge in [-0.05, 0) is 13.8 Å². The minimum atomic E-state index is -4.99. The Morgan fingerprint density at radius 1 is 0.734 bits per heavy atom. The lowest BCUT2D eigenvalue weighted by molar-refractivity contribution is -0.320. The van der Waals surface area contributed by atoms with Crippen LogP contribution in [0.5, 0.6) is 0 Å². The SMILES string of the molecule is CC(=O)OCC(F)F.CC(F)C(F)(F)COC(F)(F)C(F)F.CC1COC(=O)O1.COC(=O)CC(F)(F)F.COCC(=O)C(F)F.O=C1OC(F)C(F)O1.O=C1OCC(C(F)(F)F)O1. The molecule has 16 nitrogen and oxygen atoms in total. The molecule has 3 heterocycles. The summed E-state index contributed by atoms with van der Waals surface area (Å²) in [6.07, 6.45) is -37.6. The average molecular weight is 1000 g/mol. The Bertz CT molecular complexity index is 1340. The molecule has 3 aliphatic rings. The molecule has 3 saturated heterocycles. The van der Waals surface area contributed by atoms with Crippen molar-refractivity contribution in [1.29, 1.82) is 0 Å². The summed E-state index contributed by atoms with van der Waals surface area (Å²) in [5.41, 5.74) is 0. The predicted octanol–water partition coefficient (Wildman–Crippen LogP) is 7.62. The Morgan fingerprint density at radius 3 is 1.38 bits per heavy atom. The summed E-state index contributed by atoms with van der Waals surface area (Å²) in [5.74, 6) is -7.32. The van der Waals surface area contributed by atoms with Crippen LogP contribution < -0.4 is 0 Å². The van der Waals surface area contributed by atoms with E-state index in [9.17, 15) is 112 Å². The Kier molecular flexibility index (Phi) is 32.6. The number of hydrogen-bond donors (Lipinski definition) is 0. The highest BCUT2D eigenvalue weighted by molar-refractivity contribution is 5.82. The van der Waals surface area contributed by atoms with E-state index in [1.807, 2.05) is 0 Å². The second kappa shape index (κ2) is 31.8. The Hall–Kier alpha value is -4.99. The average Bonchev–Trinajstić information content (AvgIpc) is 3.85. The number of carbonyl (C=O) groups is 6. The fraction of sp³-hybridized carbons (Fsp3) is 0.793. The van der Waals surface area contributed by atoms with Crippen LogP contribution in [0, 0.1) is 0 Å². The number of cyclic esters (lactones) is 6. The van der Waals surface area contributed by atoms with Crippen LogP contribution in [-0.2, 0) is 61.8 Å². The molecule has 0 spiro atoms. The van der Waals surface area contributed by atoms with Gasteiger partial charge < -0.3 is 47.4 Å². The van der Waals surface area contributed by atoms with Crippen molar-refractivity contribution in [2.75, 3.05) is 47.3 Å². The zero-order valence-corrected chi connectivity index (χ0v) is 32.6. The van der Waals surface area contributed by atoms with Crippen molar-refractivity contribution in [3.05, 3.63) is 0 Å². The summed E-state index contributed by atoms with van der Waals surface area (Å²) in [6, 6.07) is 0. The van der Waals surface area contributed by atoms with Crippen molar-refractivity contribution >= 4 is 36.2 Å². The van der Waals surface area contributed by atoms with Gasteiger partial charge in [0.25, 0.3) is 12.9 Å². The molecule has 0 aliphatic carbocycles. The van der Waals surface area contributed by atoms with Crippen LogP contribution in [0.15, 0.2) is 0 Å². The third-order valence-corrected chi connectivity index (χ3v) is 5.12. The van der Waals surface area contributed by atoms with Crippen LogP contribution in [0.4, 0.5) is 97.8 Å². The number of hydrogen-bond acceptors (Lipinski definition) is 16. The lowest BCUT2D eigenvalue weighted by Crippen LogP contribution is -2.39. The minimum absolute atomic E-state index is 0.0486. The first kappa shape index (κ1) is 65.6. The lowest BCUT2D eigenvalue weighted by atomic mass is 10.2. The predicted molar refractivity (Wildman–Crippen MR) is 162 cm³/mol. The van der Waals surface area contributed by atoms with Gasteiger partial charge in [-0.2, -0.15) is 43.9 Å². The number of rotatable bonds is 11. The van der Waals surface area contributed by atoms with Gasteiger partial charge in [0.15, 0.2) is 12.8 Å². The number of carbonyl (C=O) groups excluding carboxylic acids is 6. The first-order chi connectivity index (χ1) is 28.8. The number of ether oxygens (including phenoxy) is 10. The number of esters is 2. The molecule has 0 radical (unpaired) electrons. The van der Waals surface area contributed by atoms with Crippen LogP contribution in [0.2, 0.25) is 0 Å². The van der Waals surface area contributed by atoms with E-state index in [1.54, 1.807) is 6.92 Å². The summed E-state index contributed by atoms with van der Waals surface area (Å²) in [5, 5.41) is 0. The van der Waals surface area contributed by atoms with Crippen molar-refractivity contribution in [3.8, 4) is 0 Å². The van der Waals surface area contributed by atoms with Gasteiger partial charge in [0.1, 0.15) is 39.0 Å². The molecule has 0 saturated carbocycles. The molecule has 3 rings (SSSR count). The van der Waals surface area contributed by atoms with Crippen LogP contribution >= 0.6 is 0 Å². The second-order valence-corrected chi connectivity index (χ2v) is 10.7. The van der Waals surface area contributed by atoms with Crippen molar-refractivity contribution in [3.63, 3.8) is 0 Å². The van der Waals surface area contributed by atoms with Crippen molar-refractivity contribution in [1.82, 2.24) is 0 Å². The van der Waals surface area contributed by atoms with Gasteiger partial charge >= 0.3 is 73.9 Å². The summed E-state index contributed by atoms with van der Waals surface area (Å²) < 4.78 is 258. The molecule has 0 aromatic heterocycles. The minimum Gasteiger partial charge on any atom is -0.469 e. The zero-order valence-electron chi connectivity index (χ0n) is 32.6. The monoisotopic (exact) mass is 1000 g/mol. The molecule has 0 amide bonds. The fourth-order valence-electron chi connectivity index (χ4n) is 2.22. The lowest BCUT2D eigenvalue weighted by Gasteiger charge is -2.21. The normalized spacial score (nSPS) is 19.3.